The summed E-state index contributed by atoms with van der Waals surface area (Å²) in [4.78, 5) is 0. The molecule has 0 atom stereocenters. The first-order chi connectivity index (χ1) is 5.24. The highest BCUT2D eigenvalue weighted by molar-refractivity contribution is 7.83. The summed E-state index contributed by atoms with van der Waals surface area (Å²) in [6.45, 7) is 0. The molecule has 1 aromatic rings. The Labute approximate surface area is 76.3 Å². The standard InChI is InChI=1S/C8H8ClNS/c9-7-3-1-2-6(4-7)8(10)5-11/h1-5,11H,10H2/b8-5-. The van der Waals surface area contributed by atoms with Crippen LogP contribution in [0.4, 0.5) is 0 Å². The lowest BCUT2D eigenvalue weighted by molar-refractivity contribution is 1.53. The molecule has 0 unspecified atom stereocenters. The molecule has 0 amide bonds. The Bertz CT molecular complexity index is 283. The molecule has 2 N–H and O–H groups in total. The van der Waals surface area contributed by atoms with Crippen molar-refractivity contribution in [2.24, 2.45) is 5.73 Å². The van der Waals surface area contributed by atoms with E-state index in [1.807, 2.05) is 12.1 Å². The van der Waals surface area contributed by atoms with Gasteiger partial charge in [0.2, 0.25) is 0 Å². The van der Waals surface area contributed by atoms with Crippen molar-refractivity contribution in [2.45, 2.75) is 0 Å². The summed E-state index contributed by atoms with van der Waals surface area (Å²) in [6, 6.07) is 7.33. The van der Waals surface area contributed by atoms with Gasteiger partial charge < -0.3 is 5.73 Å². The molecule has 0 saturated heterocycles. The lowest BCUT2D eigenvalue weighted by Gasteiger charge is -1.99. The van der Waals surface area contributed by atoms with Gasteiger partial charge in [-0.15, -0.1) is 12.6 Å². The van der Waals surface area contributed by atoms with Crippen LogP contribution in [0.25, 0.3) is 5.70 Å². The molecule has 0 radical (unpaired) electrons. The highest BCUT2D eigenvalue weighted by Crippen LogP contribution is 2.15. The minimum atomic E-state index is 0.621. The van der Waals surface area contributed by atoms with Gasteiger partial charge in [-0.3, -0.25) is 0 Å². The number of benzene rings is 1. The Morgan fingerprint density at radius 2 is 2.27 bits per heavy atom. The Hall–Kier alpha value is -0.600. The van der Waals surface area contributed by atoms with Gasteiger partial charge in [-0.25, -0.2) is 0 Å². The summed E-state index contributed by atoms with van der Waals surface area (Å²) >= 11 is 9.67. The Morgan fingerprint density at radius 1 is 1.55 bits per heavy atom. The quantitative estimate of drug-likeness (QED) is 0.647. The predicted octanol–water partition coefficient (Wildman–Crippen LogP) is 2.53. The van der Waals surface area contributed by atoms with E-state index in [1.54, 1.807) is 17.5 Å². The molecule has 3 heteroatoms. The lowest BCUT2D eigenvalue weighted by atomic mass is 10.2. The molecule has 0 aromatic heterocycles. The van der Waals surface area contributed by atoms with E-state index in [1.165, 1.54) is 0 Å². The number of hydrogen-bond acceptors (Lipinski definition) is 2. The smallest absolute Gasteiger partial charge is 0.0449 e. The van der Waals surface area contributed by atoms with Gasteiger partial charge in [0.15, 0.2) is 0 Å². The molecule has 0 aliphatic heterocycles. The molecule has 0 saturated carbocycles. The largest absolute Gasteiger partial charge is 0.398 e. The van der Waals surface area contributed by atoms with Crippen LogP contribution in [0.2, 0.25) is 5.02 Å². The Balaban J connectivity index is 3.06. The van der Waals surface area contributed by atoms with Crippen LogP contribution in [0.1, 0.15) is 5.56 Å². The zero-order valence-electron chi connectivity index (χ0n) is 5.79. The third-order valence-electron chi connectivity index (χ3n) is 1.30. The summed E-state index contributed by atoms with van der Waals surface area (Å²) < 4.78 is 0. The summed E-state index contributed by atoms with van der Waals surface area (Å²) in [6.07, 6.45) is 0. The van der Waals surface area contributed by atoms with Crippen LogP contribution in [0.15, 0.2) is 29.7 Å². The van der Waals surface area contributed by atoms with Crippen molar-refractivity contribution in [2.75, 3.05) is 0 Å². The number of hydrogen-bond donors (Lipinski definition) is 2. The maximum atomic E-state index is 5.74. The second-order valence-corrected chi connectivity index (χ2v) is 2.79. The Kier molecular flexibility index (Phi) is 2.85. The van der Waals surface area contributed by atoms with E-state index in [4.69, 9.17) is 17.3 Å². The topological polar surface area (TPSA) is 26.0 Å². The van der Waals surface area contributed by atoms with Crippen LogP contribution in [-0.4, -0.2) is 0 Å². The molecule has 1 nitrogen and oxygen atoms in total. The molecule has 0 bridgehead atoms. The van der Waals surface area contributed by atoms with E-state index in [2.05, 4.69) is 12.6 Å². The van der Waals surface area contributed by atoms with E-state index in [-0.39, 0.29) is 0 Å². The molecule has 0 heterocycles. The van der Waals surface area contributed by atoms with Gasteiger partial charge in [-0.1, -0.05) is 23.7 Å². The van der Waals surface area contributed by atoms with Crippen molar-refractivity contribution in [3.8, 4) is 0 Å². The molecule has 0 aliphatic carbocycles. The summed E-state index contributed by atoms with van der Waals surface area (Å²) in [5.74, 6) is 0. The van der Waals surface area contributed by atoms with E-state index >= 15 is 0 Å². The molecular weight excluding hydrogens is 178 g/mol. The highest BCUT2D eigenvalue weighted by Gasteiger charge is 1.94. The average Bonchev–Trinajstić information content (AvgIpc) is 2.03. The van der Waals surface area contributed by atoms with E-state index < -0.39 is 0 Å². The molecule has 0 fully saturated rings. The number of halogens is 1. The second-order valence-electron chi connectivity index (χ2n) is 2.09. The van der Waals surface area contributed by atoms with Crippen molar-refractivity contribution < 1.29 is 0 Å². The second kappa shape index (κ2) is 3.69. The molecule has 11 heavy (non-hydrogen) atoms. The monoisotopic (exact) mass is 185 g/mol. The Morgan fingerprint density at radius 3 is 2.82 bits per heavy atom. The fourth-order valence-electron chi connectivity index (χ4n) is 0.743. The number of thiol groups is 1. The molecule has 58 valence electrons. The van der Waals surface area contributed by atoms with Crippen LogP contribution in [-0.2, 0) is 0 Å². The molecule has 1 rings (SSSR count). The van der Waals surface area contributed by atoms with Gasteiger partial charge in [0, 0.05) is 10.7 Å². The minimum absolute atomic E-state index is 0.621. The van der Waals surface area contributed by atoms with Gasteiger partial charge in [-0.2, -0.15) is 0 Å². The van der Waals surface area contributed by atoms with Gasteiger partial charge in [0.25, 0.3) is 0 Å². The van der Waals surface area contributed by atoms with Crippen molar-refractivity contribution >= 4 is 29.9 Å². The number of rotatable bonds is 1. The number of nitrogens with two attached hydrogens (primary N) is 1. The molecule has 0 spiro atoms. The first-order valence-electron chi connectivity index (χ1n) is 3.10. The summed E-state index contributed by atoms with van der Waals surface area (Å²) in [5.41, 5.74) is 7.11. The first-order valence-corrected chi connectivity index (χ1v) is 3.99. The van der Waals surface area contributed by atoms with Crippen LogP contribution >= 0.6 is 24.2 Å². The van der Waals surface area contributed by atoms with Crippen LogP contribution in [0.3, 0.4) is 0 Å². The third kappa shape index (κ3) is 2.17. The fraction of sp³-hybridized carbons (Fsp3) is 0. The molecule has 0 aliphatic rings. The van der Waals surface area contributed by atoms with E-state index in [9.17, 15) is 0 Å². The summed E-state index contributed by atoms with van der Waals surface area (Å²) in [7, 11) is 0. The van der Waals surface area contributed by atoms with Crippen LogP contribution < -0.4 is 5.73 Å². The van der Waals surface area contributed by atoms with Gasteiger partial charge in [0.1, 0.15) is 0 Å². The minimum Gasteiger partial charge on any atom is -0.398 e. The lowest BCUT2D eigenvalue weighted by Crippen LogP contribution is -1.93. The van der Waals surface area contributed by atoms with Crippen LogP contribution in [0, 0.1) is 0 Å². The maximum Gasteiger partial charge on any atom is 0.0449 e. The SMILES string of the molecule is N/C(=C\S)c1cccc(Cl)c1. The van der Waals surface area contributed by atoms with E-state index in [0.29, 0.717) is 10.7 Å². The fourth-order valence-corrected chi connectivity index (χ4v) is 1.08. The van der Waals surface area contributed by atoms with Crippen LogP contribution in [0.5, 0.6) is 0 Å². The predicted molar refractivity (Wildman–Crippen MR) is 52.6 cm³/mol. The zero-order valence-corrected chi connectivity index (χ0v) is 7.44. The van der Waals surface area contributed by atoms with Crippen molar-refractivity contribution in [3.63, 3.8) is 0 Å². The average molecular weight is 186 g/mol. The van der Waals surface area contributed by atoms with Gasteiger partial charge in [-0.05, 0) is 23.1 Å². The van der Waals surface area contributed by atoms with Gasteiger partial charge >= 0.3 is 0 Å². The normalized spacial score (nSPS) is 11.6. The van der Waals surface area contributed by atoms with Crippen molar-refractivity contribution in [3.05, 3.63) is 40.3 Å². The maximum absolute atomic E-state index is 5.74. The van der Waals surface area contributed by atoms with E-state index in [0.717, 1.165) is 5.56 Å². The first kappa shape index (κ1) is 8.50. The molecule has 1 aromatic carbocycles. The third-order valence-corrected chi connectivity index (χ3v) is 1.81. The van der Waals surface area contributed by atoms with Crippen molar-refractivity contribution in [1.82, 2.24) is 0 Å². The molecular formula is C8H8ClNS. The highest BCUT2D eigenvalue weighted by atomic mass is 35.5. The van der Waals surface area contributed by atoms with Gasteiger partial charge in [0.05, 0.1) is 0 Å². The zero-order chi connectivity index (χ0) is 8.27. The van der Waals surface area contributed by atoms with Crippen molar-refractivity contribution in [1.29, 1.82) is 0 Å². The summed E-state index contributed by atoms with van der Waals surface area (Å²) in [5, 5.41) is 2.23.